The number of oxazole rings is 1. The van der Waals surface area contributed by atoms with Crippen LogP contribution in [0, 0.1) is 5.41 Å². The highest BCUT2D eigenvalue weighted by Gasteiger charge is 2.63. The number of methoxy groups -OCH3 is 2. The quantitative estimate of drug-likeness (QED) is 0.210. The molecule has 11 nitrogen and oxygen atoms in total. The van der Waals surface area contributed by atoms with Crippen molar-refractivity contribution >= 4 is 33.2 Å². The SMILES string of the molecule is COc1ccc(S(=O)(=O)N2C(=O)C(c3cc(C4OCC(C)(C)CO4)ccc3OC)(N3CCC[C@H]3c3ncco3)c3cc(Cl)ccc32)cc1. The topological polar surface area (TPSA) is 121 Å². The summed E-state index contributed by atoms with van der Waals surface area (Å²) in [6, 6.07) is 15.7. The van der Waals surface area contributed by atoms with E-state index in [0.717, 1.165) is 4.31 Å². The Morgan fingerprint density at radius 3 is 2.38 bits per heavy atom. The van der Waals surface area contributed by atoms with Crippen LogP contribution < -0.4 is 13.8 Å². The number of hydrogen-bond acceptors (Lipinski definition) is 10. The normalized spacial score (nSPS) is 23.0. The summed E-state index contributed by atoms with van der Waals surface area (Å²) in [4.78, 5) is 21.9. The first-order valence-corrected chi connectivity index (χ1v) is 17.4. The molecular weight excluding hydrogens is 658 g/mol. The molecule has 4 aromatic rings. The maximum absolute atomic E-state index is 15.6. The molecule has 0 radical (unpaired) electrons. The Bertz CT molecular complexity index is 1940. The molecule has 1 unspecified atom stereocenters. The summed E-state index contributed by atoms with van der Waals surface area (Å²) in [5, 5.41) is 0.331. The molecular formula is C35H36ClN3O8S. The molecule has 0 saturated carbocycles. The minimum atomic E-state index is -4.45. The minimum absolute atomic E-state index is 0.0774. The standard InChI is InChI=1S/C35H36ClN3O8S/c1-34(2)20-46-32(47-21-34)22-7-14-30(44-4)27(18-22)35(38-16-5-6-29(38)31-37-15-17-45-31)26-19-23(36)8-13-28(26)39(33(35)40)48(41,42)25-11-9-24(43-3)10-12-25/h7-15,17-19,29,32H,5-6,16,20-21H2,1-4H3/t29-,35?/m0/s1. The first kappa shape index (κ1) is 32.6. The number of halogens is 1. The number of rotatable bonds is 8. The first-order valence-electron chi connectivity index (χ1n) is 15.6. The van der Waals surface area contributed by atoms with E-state index in [2.05, 4.69) is 18.8 Å². The van der Waals surface area contributed by atoms with Gasteiger partial charge in [-0.1, -0.05) is 31.5 Å². The fourth-order valence-corrected chi connectivity index (χ4v) is 8.63. The fourth-order valence-electron chi connectivity index (χ4n) is 6.99. The molecule has 7 rings (SSSR count). The van der Waals surface area contributed by atoms with Gasteiger partial charge in [0, 0.05) is 33.7 Å². The van der Waals surface area contributed by atoms with Crippen LogP contribution in [0.5, 0.6) is 11.5 Å². The maximum Gasteiger partial charge on any atom is 0.271 e. The van der Waals surface area contributed by atoms with Gasteiger partial charge < -0.3 is 23.4 Å². The summed E-state index contributed by atoms with van der Waals surface area (Å²) < 4.78 is 59.4. The van der Waals surface area contributed by atoms with Gasteiger partial charge in [-0.15, -0.1) is 0 Å². The van der Waals surface area contributed by atoms with Gasteiger partial charge in [-0.3, -0.25) is 9.69 Å². The van der Waals surface area contributed by atoms with Crippen LogP contribution in [0.25, 0.3) is 0 Å². The number of anilines is 1. The fraction of sp³-hybridized carbons (Fsp3) is 0.371. The lowest BCUT2D eigenvalue weighted by Crippen LogP contribution is -2.54. The van der Waals surface area contributed by atoms with Gasteiger partial charge in [-0.05, 0) is 67.4 Å². The van der Waals surface area contributed by atoms with Crippen LogP contribution >= 0.6 is 11.6 Å². The molecule has 2 atom stereocenters. The van der Waals surface area contributed by atoms with E-state index in [1.54, 1.807) is 42.6 Å². The molecule has 4 heterocycles. The van der Waals surface area contributed by atoms with Gasteiger partial charge in [0.15, 0.2) is 11.8 Å². The van der Waals surface area contributed by atoms with E-state index in [9.17, 15) is 8.42 Å². The van der Waals surface area contributed by atoms with Crippen molar-refractivity contribution in [2.75, 3.05) is 38.3 Å². The molecule has 1 amide bonds. The molecule has 1 aromatic heterocycles. The van der Waals surface area contributed by atoms with Crippen LogP contribution in [-0.4, -0.2) is 58.2 Å². The van der Waals surface area contributed by atoms with Crippen LogP contribution in [0.2, 0.25) is 5.02 Å². The van der Waals surface area contributed by atoms with Gasteiger partial charge in [0.25, 0.3) is 15.9 Å². The van der Waals surface area contributed by atoms with E-state index in [1.165, 1.54) is 32.6 Å². The predicted octanol–water partition coefficient (Wildman–Crippen LogP) is 6.23. The van der Waals surface area contributed by atoms with Crippen LogP contribution in [0.1, 0.15) is 61.6 Å². The number of ether oxygens (including phenoxy) is 4. The van der Waals surface area contributed by atoms with E-state index < -0.39 is 33.8 Å². The monoisotopic (exact) mass is 693 g/mol. The first-order chi connectivity index (χ1) is 23.0. The summed E-state index contributed by atoms with van der Waals surface area (Å²) in [6.07, 6.45) is 3.63. The molecule has 252 valence electrons. The average Bonchev–Trinajstić information content (AvgIpc) is 3.83. The minimum Gasteiger partial charge on any atom is -0.497 e. The van der Waals surface area contributed by atoms with Crippen LogP contribution in [0.15, 0.2) is 82.4 Å². The van der Waals surface area contributed by atoms with Gasteiger partial charge in [0.2, 0.25) is 5.89 Å². The zero-order valence-electron chi connectivity index (χ0n) is 27.0. The van der Waals surface area contributed by atoms with Crippen molar-refractivity contribution in [3.63, 3.8) is 0 Å². The molecule has 0 aliphatic carbocycles. The zero-order chi connectivity index (χ0) is 33.8. The van der Waals surface area contributed by atoms with Gasteiger partial charge >= 0.3 is 0 Å². The molecule has 2 saturated heterocycles. The number of nitrogens with zero attached hydrogens (tertiary/aromatic N) is 3. The molecule has 3 aromatic carbocycles. The van der Waals surface area contributed by atoms with E-state index in [0.29, 0.717) is 71.7 Å². The second-order valence-electron chi connectivity index (χ2n) is 12.9. The number of likely N-dealkylation sites (tertiary alicyclic amines) is 1. The number of carbonyl (C=O) groups excluding carboxylic acids is 1. The number of carbonyl (C=O) groups is 1. The number of aromatic nitrogens is 1. The maximum atomic E-state index is 15.6. The van der Waals surface area contributed by atoms with E-state index >= 15 is 4.79 Å². The summed E-state index contributed by atoms with van der Waals surface area (Å²) in [5.41, 5.74) is -0.279. The number of benzene rings is 3. The second kappa shape index (κ2) is 12.2. The third kappa shape index (κ3) is 5.17. The highest BCUT2D eigenvalue weighted by atomic mass is 35.5. The average molecular weight is 694 g/mol. The van der Waals surface area contributed by atoms with Crippen molar-refractivity contribution in [3.8, 4) is 11.5 Å². The predicted molar refractivity (Wildman–Crippen MR) is 177 cm³/mol. The molecule has 0 bridgehead atoms. The molecule has 0 N–H and O–H groups in total. The van der Waals surface area contributed by atoms with Gasteiger partial charge in [0.1, 0.15) is 17.8 Å². The van der Waals surface area contributed by atoms with Crippen LogP contribution in [0.3, 0.4) is 0 Å². The van der Waals surface area contributed by atoms with E-state index in [4.69, 9.17) is 35.0 Å². The third-order valence-electron chi connectivity index (χ3n) is 9.22. The molecule has 2 fully saturated rings. The smallest absolute Gasteiger partial charge is 0.271 e. The Balaban J connectivity index is 1.49. The molecule has 48 heavy (non-hydrogen) atoms. The van der Waals surface area contributed by atoms with Gasteiger partial charge in [0.05, 0.1) is 50.3 Å². The second-order valence-corrected chi connectivity index (χ2v) is 15.1. The van der Waals surface area contributed by atoms with Crippen molar-refractivity contribution < 1.29 is 36.6 Å². The van der Waals surface area contributed by atoms with Crippen LogP contribution in [-0.2, 0) is 29.8 Å². The Hall–Kier alpha value is -3.94. The molecule has 3 aliphatic heterocycles. The lowest BCUT2D eigenvalue weighted by atomic mass is 9.80. The number of amides is 1. The third-order valence-corrected chi connectivity index (χ3v) is 11.2. The van der Waals surface area contributed by atoms with E-state index in [1.807, 2.05) is 17.0 Å². The van der Waals surface area contributed by atoms with Crippen molar-refractivity contribution in [2.45, 2.75) is 49.5 Å². The van der Waals surface area contributed by atoms with Crippen molar-refractivity contribution in [2.24, 2.45) is 5.41 Å². The zero-order valence-corrected chi connectivity index (χ0v) is 28.6. The lowest BCUT2D eigenvalue weighted by Gasteiger charge is -2.42. The van der Waals surface area contributed by atoms with Gasteiger partial charge in [-0.25, -0.2) is 17.7 Å². The Kier molecular flexibility index (Phi) is 8.28. The number of sulfonamides is 1. The highest BCUT2D eigenvalue weighted by molar-refractivity contribution is 7.93. The Labute approximate surface area is 284 Å². The lowest BCUT2D eigenvalue weighted by molar-refractivity contribution is -0.226. The van der Waals surface area contributed by atoms with Gasteiger partial charge in [-0.2, -0.15) is 0 Å². The van der Waals surface area contributed by atoms with Crippen molar-refractivity contribution in [1.29, 1.82) is 0 Å². The molecule has 0 spiro atoms. The largest absolute Gasteiger partial charge is 0.497 e. The number of fused-ring (bicyclic) bond motifs is 1. The molecule has 3 aliphatic rings. The summed E-state index contributed by atoms with van der Waals surface area (Å²) in [6.45, 7) is 5.47. The van der Waals surface area contributed by atoms with Crippen molar-refractivity contribution in [3.05, 3.63) is 101 Å². The summed E-state index contributed by atoms with van der Waals surface area (Å²) in [5.74, 6) is 0.550. The summed E-state index contributed by atoms with van der Waals surface area (Å²) in [7, 11) is -1.44. The molecule has 13 heteroatoms. The Morgan fingerprint density at radius 2 is 1.71 bits per heavy atom. The Morgan fingerprint density at radius 1 is 0.958 bits per heavy atom. The van der Waals surface area contributed by atoms with Crippen LogP contribution in [0.4, 0.5) is 5.69 Å². The summed E-state index contributed by atoms with van der Waals surface area (Å²) >= 11 is 6.68. The van der Waals surface area contributed by atoms with E-state index in [-0.39, 0.29) is 16.0 Å². The number of hydrogen-bond donors (Lipinski definition) is 0. The van der Waals surface area contributed by atoms with Crippen molar-refractivity contribution in [1.82, 2.24) is 9.88 Å². The highest BCUT2D eigenvalue weighted by Crippen LogP contribution is 2.57.